The normalized spacial score (nSPS) is 27.9. The number of hydrogen-bond donors (Lipinski definition) is 0. The van der Waals surface area contributed by atoms with Crippen LogP contribution in [0.25, 0.3) is 10.8 Å². The number of piperidine rings is 2. The third kappa shape index (κ3) is 4.27. The highest BCUT2D eigenvalue weighted by Crippen LogP contribution is 2.52. The molecule has 0 aromatic heterocycles. The molecule has 2 aromatic rings. The molecule has 2 aromatic carbocycles. The lowest BCUT2D eigenvalue weighted by Gasteiger charge is -2.26. The largest absolute Gasteiger partial charge is 0.381 e. The monoisotopic (exact) mass is 378 g/mol. The van der Waals surface area contributed by atoms with E-state index in [9.17, 15) is 0 Å². The third-order valence-corrected chi connectivity index (χ3v) is 7.19. The summed E-state index contributed by atoms with van der Waals surface area (Å²) in [6, 6.07) is 15.6. The summed E-state index contributed by atoms with van der Waals surface area (Å²) in [6.07, 6.45) is 5.41. The molecule has 3 nitrogen and oxygen atoms in total. The summed E-state index contributed by atoms with van der Waals surface area (Å²) in [5, 5.41) is 2.70. The van der Waals surface area contributed by atoms with Crippen molar-refractivity contribution in [2.24, 2.45) is 17.8 Å². The van der Waals surface area contributed by atoms with Gasteiger partial charge in [-0.1, -0.05) is 42.8 Å². The zero-order valence-electron chi connectivity index (χ0n) is 17.1. The van der Waals surface area contributed by atoms with Gasteiger partial charge in [-0.3, -0.25) is 4.90 Å². The highest BCUT2D eigenvalue weighted by Gasteiger charge is 2.55. The lowest BCUT2D eigenvalue weighted by atomic mass is 10.1. The van der Waals surface area contributed by atoms with Crippen LogP contribution in [0.3, 0.4) is 0 Å². The molecule has 0 radical (unpaired) electrons. The Labute approximate surface area is 169 Å². The summed E-state index contributed by atoms with van der Waals surface area (Å²) in [5.74, 6) is 2.62. The van der Waals surface area contributed by atoms with Gasteiger partial charge in [-0.2, -0.15) is 0 Å². The molecule has 28 heavy (non-hydrogen) atoms. The molecule has 3 atom stereocenters. The van der Waals surface area contributed by atoms with Gasteiger partial charge in [0.1, 0.15) is 0 Å². The van der Waals surface area contributed by atoms with Crippen LogP contribution in [0.15, 0.2) is 42.5 Å². The fraction of sp³-hybridized carbons (Fsp3) is 0.600. The molecule has 0 amide bonds. The van der Waals surface area contributed by atoms with Crippen LogP contribution >= 0.6 is 0 Å². The highest BCUT2D eigenvalue weighted by molar-refractivity contribution is 5.82. The molecule has 1 aliphatic carbocycles. The molecule has 3 fully saturated rings. The molecule has 3 aliphatic rings. The predicted octanol–water partition coefficient (Wildman–Crippen LogP) is 4.41. The average Bonchev–Trinajstić information content (AvgIpc) is 3.19. The number of hydrogen-bond acceptors (Lipinski definition) is 3. The smallest absolute Gasteiger partial charge is 0.0500 e. The van der Waals surface area contributed by atoms with Crippen molar-refractivity contribution in [2.45, 2.75) is 32.2 Å². The molecule has 0 bridgehead atoms. The highest BCUT2D eigenvalue weighted by atomic mass is 16.5. The van der Waals surface area contributed by atoms with Crippen LogP contribution in [0, 0.1) is 17.8 Å². The van der Waals surface area contributed by atoms with Gasteiger partial charge in [-0.25, -0.2) is 0 Å². The van der Waals surface area contributed by atoms with E-state index in [1.165, 1.54) is 74.7 Å². The van der Waals surface area contributed by atoms with Gasteiger partial charge in [-0.15, -0.1) is 0 Å². The Balaban J connectivity index is 0.998. The van der Waals surface area contributed by atoms with Gasteiger partial charge in [0.2, 0.25) is 0 Å². The number of fused-ring (bicyclic) bond motifs is 2. The van der Waals surface area contributed by atoms with Crippen LogP contribution in [0.5, 0.6) is 0 Å². The standard InChI is InChI=1S/C25H34N2O/c1-4-11-26(12-5-1)13-6-14-28-19-25-23-17-27(18-24(23)25)16-20-9-10-21-7-2-3-8-22(21)15-20/h2-3,7-10,15,23-25H,1,4-6,11-14,16-19H2/t23-,24+,25?. The first-order valence-corrected chi connectivity index (χ1v) is 11.4. The topological polar surface area (TPSA) is 15.7 Å². The van der Waals surface area contributed by atoms with E-state index in [0.29, 0.717) is 0 Å². The van der Waals surface area contributed by atoms with Gasteiger partial charge < -0.3 is 9.64 Å². The van der Waals surface area contributed by atoms with E-state index >= 15 is 0 Å². The van der Waals surface area contributed by atoms with Crippen molar-refractivity contribution in [1.82, 2.24) is 9.80 Å². The Hall–Kier alpha value is -1.42. The van der Waals surface area contributed by atoms with Crippen LogP contribution in [-0.4, -0.2) is 55.7 Å². The SMILES string of the molecule is c1ccc2cc(CN3C[C@@H]4C(COCCCN5CCCCC5)[C@@H]4C3)ccc2c1. The number of rotatable bonds is 8. The Morgan fingerprint density at radius 2 is 1.64 bits per heavy atom. The number of benzene rings is 2. The zero-order chi connectivity index (χ0) is 18.8. The lowest BCUT2D eigenvalue weighted by Crippen LogP contribution is -2.31. The Bertz CT molecular complexity index is 773. The lowest BCUT2D eigenvalue weighted by molar-refractivity contribution is 0.0967. The summed E-state index contributed by atoms with van der Waals surface area (Å²) in [4.78, 5) is 5.26. The Kier molecular flexibility index (Phi) is 5.66. The Morgan fingerprint density at radius 1 is 0.857 bits per heavy atom. The molecule has 150 valence electrons. The van der Waals surface area contributed by atoms with E-state index in [0.717, 1.165) is 37.5 Å². The summed E-state index contributed by atoms with van der Waals surface area (Å²) >= 11 is 0. The van der Waals surface area contributed by atoms with Crippen molar-refractivity contribution in [3.63, 3.8) is 0 Å². The quantitative estimate of drug-likeness (QED) is 0.633. The predicted molar refractivity (Wildman–Crippen MR) is 115 cm³/mol. The molecule has 2 saturated heterocycles. The van der Waals surface area contributed by atoms with Crippen LogP contribution in [0.4, 0.5) is 0 Å². The molecule has 2 heterocycles. The van der Waals surface area contributed by atoms with Gasteiger partial charge in [-0.05, 0) is 72.5 Å². The average molecular weight is 379 g/mol. The fourth-order valence-corrected chi connectivity index (χ4v) is 5.50. The van der Waals surface area contributed by atoms with Gasteiger partial charge in [0.25, 0.3) is 0 Å². The van der Waals surface area contributed by atoms with E-state index in [-0.39, 0.29) is 0 Å². The first kappa shape index (κ1) is 18.6. The first-order chi connectivity index (χ1) is 13.9. The van der Waals surface area contributed by atoms with Crippen molar-refractivity contribution in [3.05, 3.63) is 48.0 Å². The number of ether oxygens (including phenoxy) is 1. The second-order valence-electron chi connectivity index (χ2n) is 9.20. The van der Waals surface area contributed by atoms with Crippen LogP contribution in [0.2, 0.25) is 0 Å². The molecule has 5 rings (SSSR count). The van der Waals surface area contributed by atoms with E-state index in [4.69, 9.17) is 4.74 Å². The summed E-state index contributed by atoms with van der Waals surface area (Å²) in [7, 11) is 0. The van der Waals surface area contributed by atoms with Gasteiger partial charge in [0, 0.05) is 32.8 Å². The summed E-state index contributed by atoms with van der Waals surface area (Å²) in [5.41, 5.74) is 1.45. The second kappa shape index (κ2) is 8.52. The fourth-order valence-electron chi connectivity index (χ4n) is 5.50. The number of likely N-dealkylation sites (tertiary alicyclic amines) is 2. The van der Waals surface area contributed by atoms with Crippen LogP contribution < -0.4 is 0 Å². The minimum atomic E-state index is 0.836. The maximum absolute atomic E-state index is 6.04. The molecule has 0 N–H and O–H groups in total. The van der Waals surface area contributed by atoms with Crippen molar-refractivity contribution in [1.29, 1.82) is 0 Å². The van der Waals surface area contributed by atoms with Gasteiger partial charge >= 0.3 is 0 Å². The zero-order valence-corrected chi connectivity index (χ0v) is 17.1. The minimum Gasteiger partial charge on any atom is -0.381 e. The molecular formula is C25H34N2O. The van der Waals surface area contributed by atoms with Crippen LogP contribution in [-0.2, 0) is 11.3 Å². The first-order valence-electron chi connectivity index (χ1n) is 11.4. The Morgan fingerprint density at radius 3 is 2.46 bits per heavy atom. The molecular weight excluding hydrogens is 344 g/mol. The maximum atomic E-state index is 6.04. The molecule has 1 unspecified atom stereocenters. The molecule has 0 spiro atoms. The van der Waals surface area contributed by atoms with Gasteiger partial charge in [0.15, 0.2) is 0 Å². The maximum Gasteiger partial charge on any atom is 0.0500 e. The molecule has 3 heteroatoms. The second-order valence-corrected chi connectivity index (χ2v) is 9.20. The van der Waals surface area contributed by atoms with E-state index < -0.39 is 0 Å². The van der Waals surface area contributed by atoms with Crippen molar-refractivity contribution < 1.29 is 4.74 Å². The van der Waals surface area contributed by atoms with E-state index in [2.05, 4.69) is 52.3 Å². The van der Waals surface area contributed by atoms with Crippen molar-refractivity contribution >= 4 is 10.8 Å². The number of nitrogens with zero attached hydrogens (tertiary/aromatic N) is 2. The van der Waals surface area contributed by atoms with Gasteiger partial charge in [0.05, 0.1) is 6.61 Å². The van der Waals surface area contributed by atoms with Crippen molar-refractivity contribution in [3.8, 4) is 0 Å². The molecule has 2 aliphatic heterocycles. The minimum absolute atomic E-state index is 0.836. The molecule has 1 saturated carbocycles. The van der Waals surface area contributed by atoms with E-state index in [1.54, 1.807) is 0 Å². The van der Waals surface area contributed by atoms with E-state index in [1.807, 2.05) is 0 Å². The van der Waals surface area contributed by atoms with Crippen molar-refractivity contribution in [2.75, 3.05) is 45.9 Å². The summed E-state index contributed by atoms with van der Waals surface area (Å²) < 4.78 is 6.04. The third-order valence-electron chi connectivity index (χ3n) is 7.19. The van der Waals surface area contributed by atoms with Crippen LogP contribution in [0.1, 0.15) is 31.2 Å². The summed E-state index contributed by atoms with van der Waals surface area (Å²) in [6.45, 7) is 9.42.